The lowest BCUT2D eigenvalue weighted by molar-refractivity contribution is 0.347. The number of guanidine groups is 1. The lowest BCUT2D eigenvalue weighted by Crippen LogP contribution is -2.51. The maximum Gasteiger partial charge on any atom is 0.227 e. The zero-order valence-corrected chi connectivity index (χ0v) is 13.0. The van der Waals surface area contributed by atoms with Crippen molar-refractivity contribution in [1.29, 1.82) is 0 Å². The van der Waals surface area contributed by atoms with Gasteiger partial charge in [-0.3, -0.25) is 0 Å². The van der Waals surface area contributed by atoms with Gasteiger partial charge in [0.1, 0.15) is 0 Å². The summed E-state index contributed by atoms with van der Waals surface area (Å²) in [5.74, 6) is 1.86. The molecule has 0 saturated heterocycles. The van der Waals surface area contributed by atoms with Gasteiger partial charge in [-0.25, -0.2) is 19.7 Å². The van der Waals surface area contributed by atoms with Crippen LogP contribution in [0.1, 0.15) is 12.5 Å². The Hall–Kier alpha value is -2.50. The minimum absolute atomic E-state index is 0.258. The molecule has 11 nitrogen and oxygen atoms in total. The first-order valence-corrected chi connectivity index (χ1v) is 7.17. The van der Waals surface area contributed by atoms with Gasteiger partial charge in [0.2, 0.25) is 11.9 Å². The standard InChI is InChI=1S/C12H20N10O/c1-6(14)17-11(23-2)8-18-10-7-5-16-21(4-3-13)9(7)19-12(15)22(10)20-8/h5-6,8,20H,3-4,13-14H2,1-2H3,(H2,15,19)/b17-11-. The van der Waals surface area contributed by atoms with E-state index >= 15 is 0 Å². The summed E-state index contributed by atoms with van der Waals surface area (Å²) in [5, 5.41) is 5.86. The molecular weight excluding hydrogens is 300 g/mol. The Kier molecular flexibility index (Phi) is 3.98. The Balaban J connectivity index is 1.98. The number of hydrazine groups is 1. The van der Waals surface area contributed by atoms with Gasteiger partial charge in [-0.05, 0) is 6.92 Å². The highest BCUT2D eigenvalue weighted by Crippen LogP contribution is 2.27. The molecule has 1 aromatic rings. The molecule has 23 heavy (non-hydrogen) atoms. The third kappa shape index (κ3) is 2.65. The summed E-state index contributed by atoms with van der Waals surface area (Å²) in [4.78, 5) is 13.1. The molecule has 11 heteroatoms. The number of fused-ring (bicyclic) bond motifs is 3. The van der Waals surface area contributed by atoms with Crippen molar-refractivity contribution in [2.24, 2.45) is 32.2 Å². The lowest BCUT2D eigenvalue weighted by Gasteiger charge is -2.23. The van der Waals surface area contributed by atoms with Crippen LogP contribution in [0.4, 0.5) is 5.82 Å². The smallest absolute Gasteiger partial charge is 0.227 e. The summed E-state index contributed by atoms with van der Waals surface area (Å²) in [7, 11) is 1.52. The number of aliphatic imine (C=N–C) groups is 3. The van der Waals surface area contributed by atoms with E-state index in [1.165, 1.54) is 7.11 Å². The number of amidine groups is 1. The predicted molar refractivity (Wildman–Crippen MR) is 86.0 cm³/mol. The molecule has 0 saturated carbocycles. The van der Waals surface area contributed by atoms with E-state index in [0.29, 0.717) is 30.6 Å². The van der Waals surface area contributed by atoms with Crippen LogP contribution in [0.25, 0.3) is 0 Å². The Morgan fingerprint density at radius 1 is 1.57 bits per heavy atom. The molecule has 0 bridgehead atoms. The monoisotopic (exact) mass is 320 g/mol. The average molecular weight is 320 g/mol. The molecule has 2 unspecified atom stereocenters. The van der Waals surface area contributed by atoms with Gasteiger partial charge in [-0.2, -0.15) is 15.5 Å². The van der Waals surface area contributed by atoms with Gasteiger partial charge in [0.25, 0.3) is 0 Å². The van der Waals surface area contributed by atoms with Crippen LogP contribution in [0.2, 0.25) is 0 Å². The first kappa shape index (κ1) is 15.4. The van der Waals surface area contributed by atoms with E-state index < -0.39 is 12.3 Å². The number of hydrogen-bond donors (Lipinski definition) is 4. The van der Waals surface area contributed by atoms with Crippen molar-refractivity contribution in [3.05, 3.63) is 11.8 Å². The van der Waals surface area contributed by atoms with Gasteiger partial charge in [-0.15, -0.1) is 0 Å². The number of nitrogens with zero attached hydrogens (tertiary/aromatic N) is 6. The van der Waals surface area contributed by atoms with E-state index in [-0.39, 0.29) is 5.96 Å². The molecule has 7 N–H and O–H groups in total. The molecule has 2 atom stereocenters. The molecule has 3 heterocycles. The second kappa shape index (κ2) is 5.95. The molecule has 0 radical (unpaired) electrons. The Labute approximate surface area is 132 Å². The molecule has 0 aliphatic carbocycles. The number of ether oxygens (including phenoxy) is 1. The molecule has 0 spiro atoms. The molecule has 124 valence electrons. The first-order chi connectivity index (χ1) is 11.0. The number of nitrogens with one attached hydrogen (secondary N) is 1. The van der Waals surface area contributed by atoms with E-state index in [1.807, 2.05) is 0 Å². The zero-order chi connectivity index (χ0) is 16.6. The van der Waals surface area contributed by atoms with Crippen LogP contribution in [0.5, 0.6) is 0 Å². The summed E-state index contributed by atoms with van der Waals surface area (Å²) < 4.78 is 6.97. The van der Waals surface area contributed by atoms with Crippen molar-refractivity contribution in [3.63, 3.8) is 0 Å². The van der Waals surface area contributed by atoms with Gasteiger partial charge in [0.15, 0.2) is 17.8 Å². The first-order valence-electron chi connectivity index (χ1n) is 7.17. The van der Waals surface area contributed by atoms with E-state index in [2.05, 4.69) is 25.5 Å². The lowest BCUT2D eigenvalue weighted by atomic mass is 10.2. The Morgan fingerprint density at radius 2 is 2.35 bits per heavy atom. The van der Waals surface area contributed by atoms with Crippen LogP contribution in [0.3, 0.4) is 0 Å². The maximum atomic E-state index is 6.02. The van der Waals surface area contributed by atoms with Crippen molar-refractivity contribution in [1.82, 2.24) is 20.2 Å². The van der Waals surface area contributed by atoms with Crippen LogP contribution < -0.4 is 22.6 Å². The van der Waals surface area contributed by atoms with E-state index in [4.69, 9.17) is 21.9 Å². The summed E-state index contributed by atoms with van der Waals surface area (Å²) in [6.45, 7) is 2.75. The minimum Gasteiger partial charge on any atom is -0.482 e. The maximum absolute atomic E-state index is 6.02. The number of rotatable bonds is 4. The highest BCUT2D eigenvalue weighted by molar-refractivity contribution is 6.15. The van der Waals surface area contributed by atoms with Crippen molar-refractivity contribution < 1.29 is 4.74 Å². The quantitative estimate of drug-likeness (QED) is 0.370. The van der Waals surface area contributed by atoms with Gasteiger partial charge in [0, 0.05) is 6.54 Å². The number of hydrogen-bond acceptors (Lipinski definition) is 10. The van der Waals surface area contributed by atoms with Crippen LogP contribution in [0, 0.1) is 0 Å². The Morgan fingerprint density at radius 3 is 3.00 bits per heavy atom. The van der Waals surface area contributed by atoms with Crippen molar-refractivity contribution >= 4 is 23.5 Å². The second-order valence-corrected chi connectivity index (χ2v) is 5.10. The normalized spacial score (nSPS) is 21.5. The van der Waals surface area contributed by atoms with Crippen LogP contribution >= 0.6 is 0 Å². The second-order valence-electron chi connectivity index (χ2n) is 5.10. The SMILES string of the molecule is CO/C(=N\C(C)N)C1N=C2c3cnn(CCN)c3N=C(N)N2N1. The molecule has 2 aliphatic rings. The van der Waals surface area contributed by atoms with Crippen LogP contribution in [-0.2, 0) is 11.3 Å². The molecular formula is C12H20N10O. The van der Waals surface area contributed by atoms with Crippen molar-refractivity contribution in [2.75, 3.05) is 13.7 Å². The average Bonchev–Trinajstić information content (AvgIpc) is 3.10. The van der Waals surface area contributed by atoms with Crippen LogP contribution in [0.15, 0.2) is 21.2 Å². The fraction of sp³-hybridized carbons (Fsp3) is 0.500. The third-order valence-corrected chi connectivity index (χ3v) is 3.33. The molecule has 1 aromatic heterocycles. The van der Waals surface area contributed by atoms with Gasteiger partial charge < -0.3 is 21.9 Å². The van der Waals surface area contributed by atoms with Crippen LogP contribution in [-0.4, -0.2) is 58.5 Å². The Bertz CT molecular complexity index is 688. The largest absolute Gasteiger partial charge is 0.482 e. The summed E-state index contributed by atoms with van der Waals surface area (Å²) in [6.07, 6.45) is 0.753. The minimum atomic E-state index is -0.529. The third-order valence-electron chi connectivity index (χ3n) is 3.33. The summed E-state index contributed by atoms with van der Waals surface area (Å²) in [5.41, 5.74) is 21.1. The fourth-order valence-corrected chi connectivity index (χ4v) is 2.40. The number of aromatic nitrogens is 2. The van der Waals surface area contributed by atoms with E-state index in [0.717, 1.165) is 5.56 Å². The van der Waals surface area contributed by atoms with Crippen molar-refractivity contribution in [2.45, 2.75) is 25.8 Å². The predicted octanol–water partition coefficient (Wildman–Crippen LogP) is -1.96. The molecule has 0 amide bonds. The zero-order valence-electron chi connectivity index (χ0n) is 13.0. The highest BCUT2D eigenvalue weighted by Gasteiger charge is 2.37. The topological polar surface area (TPSA) is 157 Å². The molecule has 3 rings (SSSR count). The summed E-state index contributed by atoms with van der Waals surface area (Å²) in [6, 6.07) is 0. The molecule has 0 fully saturated rings. The molecule has 2 aliphatic heterocycles. The number of nitrogens with two attached hydrogens (primary N) is 3. The fourth-order valence-electron chi connectivity index (χ4n) is 2.40. The number of methoxy groups -OCH3 is 1. The van der Waals surface area contributed by atoms with E-state index in [1.54, 1.807) is 22.8 Å². The highest BCUT2D eigenvalue weighted by atomic mass is 16.5. The van der Waals surface area contributed by atoms with Crippen molar-refractivity contribution in [3.8, 4) is 0 Å². The van der Waals surface area contributed by atoms with Gasteiger partial charge in [-0.1, -0.05) is 0 Å². The van der Waals surface area contributed by atoms with Gasteiger partial charge >= 0.3 is 0 Å². The summed E-state index contributed by atoms with van der Waals surface area (Å²) >= 11 is 0. The van der Waals surface area contributed by atoms with E-state index in [9.17, 15) is 0 Å². The van der Waals surface area contributed by atoms with Gasteiger partial charge in [0.05, 0.1) is 31.6 Å². The molecule has 0 aromatic carbocycles.